The van der Waals surface area contributed by atoms with Gasteiger partial charge < -0.3 is 9.72 Å². The number of fused-ring (bicyclic) bond motifs is 1. The van der Waals surface area contributed by atoms with Crippen molar-refractivity contribution < 1.29 is 13.9 Å². The predicted octanol–water partition coefficient (Wildman–Crippen LogP) is 2.75. The molecule has 0 aliphatic rings. The molecule has 5 heteroatoms. The molecule has 0 aliphatic carbocycles. The zero-order valence-electron chi connectivity index (χ0n) is 7.80. The monoisotopic (exact) mass is 227 g/mol. The van der Waals surface area contributed by atoms with Gasteiger partial charge in [0.1, 0.15) is 11.5 Å². The van der Waals surface area contributed by atoms with Crippen LogP contribution in [0.15, 0.2) is 18.2 Å². The van der Waals surface area contributed by atoms with Gasteiger partial charge in [-0.25, -0.2) is 9.18 Å². The second-order valence-corrected chi connectivity index (χ2v) is 3.46. The molecule has 1 aromatic heterocycles. The first kappa shape index (κ1) is 9.98. The highest BCUT2D eigenvalue weighted by Crippen LogP contribution is 2.23. The first-order valence-electron chi connectivity index (χ1n) is 4.18. The lowest BCUT2D eigenvalue weighted by Gasteiger charge is -1.93. The number of carbonyl (C=O) groups excluding carboxylic acids is 1. The summed E-state index contributed by atoms with van der Waals surface area (Å²) < 4.78 is 17.9. The molecule has 1 heterocycles. The second kappa shape index (κ2) is 3.55. The van der Waals surface area contributed by atoms with Gasteiger partial charge in [-0.1, -0.05) is 11.6 Å². The van der Waals surface area contributed by atoms with E-state index in [1.165, 1.54) is 19.2 Å². The highest BCUT2D eigenvalue weighted by molar-refractivity contribution is 6.31. The number of rotatable bonds is 1. The number of aromatic amines is 1. The molecule has 0 saturated heterocycles. The van der Waals surface area contributed by atoms with E-state index in [0.717, 1.165) is 0 Å². The first-order chi connectivity index (χ1) is 7.11. The average molecular weight is 228 g/mol. The topological polar surface area (TPSA) is 42.1 Å². The van der Waals surface area contributed by atoms with Crippen LogP contribution < -0.4 is 0 Å². The van der Waals surface area contributed by atoms with Crippen LogP contribution in [-0.4, -0.2) is 18.1 Å². The van der Waals surface area contributed by atoms with E-state index >= 15 is 0 Å². The van der Waals surface area contributed by atoms with Gasteiger partial charge in [-0.05, 0) is 18.2 Å². The molecule has 0 unspecified atom stereocenters. The van der Waals surface area contributed by atoms with E-state index in [4.69, 9.17) is 11.6 Å². The van der Waals surface area contributed by atoms with Crippen LogP contribution in [0.5, 0.6) is 0 Å². The molecular formula is C10H7ClFNO2. The van der Waals surface area contributed by atoms with Crippen LogP contribution in [-0.2, 0) is 4.74 Å². The van der Waals surface area contributed by atoms with Crippen molar-refractivity contribution in [2.75, 3.05) is 7.11 Å². The van der Waals surface area contributed by atoms with E-state index in [0.29, 0.717) is 5.39 Å². The van der Waals surface area contributed by atoms with E-state index < -0.39 is 11.8 Å². The van der Waals surface area contributed by atoms with E-state index in [2.05, 4.69) is 9.72 Å². The highest BCUT2D eigenvalue weighted by atomic mass is 35.5. The number of nitrogens with one attached hydrogen (secondary N) is 1. The molecule has 0 amide bonds. The lowest BCUT2D eigenvalue weighted by molar-refractivity contribution is 0.0595. The number of hydrogen-bond acceptors (Lipinski definition) is 2. The number of methoxy groups -OCH3 is 1. The van der Waals surface area contributed by atoms with Gasteiger partial charge in [-0.2, -0.15) is 0 Å². The van der Waals surface area contributed by atoms with Crippen molar-refractivity contribution in [3.8, 4) is 0 Å². The van der Waals surface area contributed by atoms with Crippen LogP contribution in [0.25, 0.3) is 10.9 Å². The van der Waals surface area contributed by atoms with Crippen molar-refractivity contribution >= 4 is 28.5 Å². The smallest absolute Gasteiger partial charge is 0.354 e. The number of hydrogen-bond donors (Lipinski definition) is 1. The molecule has 0 radical (unpaired) electrons. The van der Waals surface area contributed by atoms with Crippen LogP contribution in [0, 0.1) is 5.82 Å². The van der Waals surface area contributed by atoms with Gasteiger partial charge in [-0.3, -0.25) is 0 Å². The highest BCUT2D eigenvalue weighted by Gasteiger charge is 2.12. The lowest BCUT2D eigenvalue weighted by atomic mass is 10.2. The standard InChI is InChI=1S/C10H7ClFNO2/c1-15-10(14)8-3-5-2-6(11)4-7(12)9(5)13-8/h2-4,13H,1H3. The summed E-state index contributed by atoms with van der Waals surface area (Å²) in [6, 6.07) is 4.25. The van der Waals surface area contributed by atoms with Gasteiger partial charge >= 0.3 is 5.97 Å². The van der Waals surface area contributed by atoms with Crippen LogP contribution in [0.3, 0.4) is 0 Å². The van der Waals surface area contributed by atoms with Crippen LogP contribution in [0.2, 0.25) is 5.02 Å². The normalized spacial score (nSPS) is 10.6. The maximum atomic E-state index is 13.4. The summed E-state index contributed by atoms with van der Waals surface area (Å²) in [7, 11) is 1.26. The summed E-state index contributed by atoms with van der Waals surface area (Å²) in [5.74, 6) is -1.03. The maximum absolute atomic E-state index is 13.4. The van der Waals surface area contributed by atoms with Gasteiger partial charge in [0.2, 0.25) is 0 Å². The zero-order valence-corrected chi connectivity index (χ0v) is 8.56. The van der Waals surface area contributed by atoms with Crippen LogP contribution >= 0.6 is 11.6 Å². The largest absolute Gasteiger partial charge is 0.464 e. The molecule has 3 nitrogen and oxygen atoms in total. The van der Waals surface area contributed by atoms with Crippen LogP contribution in [0.4, 0.5) is 4.39 Å². The summed E-state index contributed by atoms with van der Waals surface area (Å²) in [5.41, 5.74) is 0.452. The van der Waals surface area contributed by atoms with Crippen molar-refractivity contribution in [1.29, 1.82) is 0 Å². The van der Waals surface area contributed by atoms with Crippen molar-refractivity contribution in [1.82, 2.24) is 4.98 Å². The molecule has 0 bridgehead atoms. The Morgan fingerprint density at radius 1 is 1.47 bits per heavy atom. The molecule has 0 aliphatic heterocycles. The summed E-state index contributed by atoms with van der Waals surface area (Å²) >= 11 is 5.68. The fourth-order valence-electron chi connectivity index (χ4n) is 1.39. The number of carbonyl (C=O) groups is 1. The number of H-pyrrole nitrogens is 1. The van der Waals surface area contributed by atoms with Crippen molar-refractivity contribution in [2.45, 2.75) is 0 Å². The third-order valence-electron chi connectivity index (χ3n) is 2.05. The third kappa shape index (κ3) is 1.68. The molecule has 1 aromatic carbocycles. The minimum absolute atomic E-state index is 0.202. The Kier molecular flexibility index (Phi) is 2.36. The molecule has 15 heavy (non-hydrogen) atoms. The first-order valence-corrected chi connectivity index (χ1v) is 4.55. The molecule has 0 saturated carbocycles. The zero-order chi connectivity index (χ0) is 11.0. The van der Waals surface area contributed by atoms with Gasteiger partial charge in [0.05, 0.1) is 12.6 Å². The summed E-state index contributed by atoms with van der Waals surface area (Å²) in [6.07, 6.45) is 0. The molecule has 0 atom stereocenters. The second-order valence-electron chi connectivity index (χ2n) is 3.03. The van der Waals surface area contributed by atoms with Crippen molar-refractivity contribution in [3.05, 3.63) is 34.7 Å². The van der Waals surface area contributed by atoms with E-state index in [1.807, 2.05) is 0 Å². The quantitative estimate of drug-likeness (QED) is 0.762. The van der Waals surface area contributed by atoms with Gasteiger partial charge in [-0.15, -0.1) is 0 Å². The molecule has 1 N–H and O–H groups in total. The Morgan fingerprint density at radius 2 is 2.20 bits per heavy atom. The Labute approximate surface area is 89.8 Å². The molecule has 78 valence electrons. The predicted molar refractivity (Wildman–Crippen MR) is 54.6 cm³/mol. The third-order valence-corrected chi connectivity index (χ3v) is 2.27. The maximum Gasteiger partial charge on any atom is 0.354 e. The number of halogens is 2. The molecule has 2 aromatic rings. The molecule has 0 fully saturated rings. The Balaban J connectivity index is 2.65. The number of ether oxygens (including phenoxy) is 1. The summed E-state index contributed by atoms with van der Waals surface area (Å²) in [6.45, 7) is 0. The van der Waals surface area contributed by atoms with Gasteiger partial charge in [0.25, 0.3) is 0 Å². The molecule has 0 spiro atoms. The summed E-state index contributed by atoms with van der Waals surface area (Å²) in [4.78, 5) is 13.8. The fraction of sp³-hybridized carbons (Fsp3) is 0.100. The molecule has 2 rings (SSSR count). The lowest BCUT2D eigenvalue weighted by Crippen LogP contribution is -2.00. The summed E-state index contributed by atoms with van der Waals surface area (Å²) in [5, 5.41) is 0.829. The SMILES string of the molecule is COC(=O)c1cc2cc(Cl)cc(F)c2[nH]1. The number of aromatic nitrogens is 1. The minimum atomic E-state index is -0.540. The number of esters is 1. The van der Waals surface area contributed by atoms with Crippen molar-refractivity contribution in [2.24, 2.45) is 0 Å². The Hall–Kier alpha value is -1.55. The molecular weight excluding hydrogens is 221 g/mol. The van der Waals surface area contributed by atoms with Gasteiger partial charge in [0, 0.05) is 10.4 Å². The fourth-order valence-corrected chi connectivity index (χ4v) is 1.60. The van der Waals surface area contributed by atoms with E-state index in [-0.39, 0.29) is 16.2 Å². The number of benzene rings is 1. The van der Waals surface area contributed by atoms with E-state index in [9.17, 15) is 9.18 Å². The van der Waals surface area contributed by atoms with Crippen molar-refractivity contribution in [3.63, 3.8) is 0 Å². The Morgan fingerprint density at radius 3 is 2.87 bits per heavy atom. The van der Waals surface area contributed by atoms with E-state index in [1.54, 1.807) is 6.07 Å². The van der Waals surface area contributed by atoms with Crippen LogP contribution in [0.1, 0.15) is 10.5 Å². The minimum Gasteiger partial charge on any atom is -0.464 e. The average Bonchev–Trinajstić information content (AvgIpc) is 2.60. The van der Waals surface area contributed by atoms with Gasteiger partial charge in [0.15, 0.2) is 0 Å². The Bertz CT molecular complexity index is 535.